The number of rotatable bonds is 3. The van der Waals surface area contributed by atoms with Crippen molar-refractivity contribution in [3.8, 4) is 11.3 Å². The van der Waals surface area contributed by atoms with Crippen molar-refractivity contribution in [1.29, 1.82) is 0 Å². The Bertz CT molecular complexity index is 575. The first-order valence-corrected chi connectivity index (χ1v) is 5.62. The van der Waals surface area contributed by atoms with Crippen molar-refractivity contribution in [2.75, 3.05) is 0 Å². The van der Waals surface area contributed by atoms with E-state index in [0.29, 0.717) is 11.5 Å². The minimum Gasteiger partial charge on any atom is -0.457 e. The summed E-state index contributed by atoms with van der Waals surface area (Å²) < 4.78 is 6.42. The molecule has 2 aromatic rings. The Labute approximate surface area is 106 Å². The van der Waals surface area contributed by atoms with Gasteiger partial charge in [0.25, 0.3) is 0 Å². The molecule has 1 heterocycles. The van der Waals surface area contributed by atoms with Gasteiger partial charge in [-0.15, -0.1) is 0 Å². The standard InChI is InChI=1S/C12H8BrNO3/c13-10-3-1-2-9(8-10)12-5-4-11(17-12)6-7-14(15)16/h1-8H/b7-6+. The van der Waals surface area contributed by atoms with Crippen LogP contribution in [0.25, 0.3) is 17.4 Å². The van der Waals surface area contributed by atoms with Crippen molar-refractivity contribution in [2.45, 2.75) is 0 Å². The fourth-order valence-corrected chi connectivity index (χ4v) is 1.77. The van der Waals surface area contributed by atoms with Crippen LogP contribution in [0.3, 0.4) is 0 Å². The van der Waals surface area contributed by atoms with Gasteiger partial charge in [0.1, 0.15) is 11.5 Å². The minimum atomic E-state index is -0.526. The molecule has 0 aliphatic heterocycles. The normalized spacial score (nSPS) is 10.9. The lowest BCUT2D eigenvalue weighted by Crippen LogP contribution is -1.80. The summed E-state index contributed by atoms with van der Waals surface area (Å²) >= 11 is 3.37. The molecule has 5 heteroatoms. The van der Waals surface area contributed by atoms with Crippen LogP contribution in [-0.2, 0) is 0 Å². The summed E-state index contributed by atoms with van der Waals surface area (Å²) in [4.78, 5) is 9.64. The van der Waals surface area contributed by atoms with Crippen LogP contribution in [0.15, 0.2) is 51.5 Å². The lowest BCUT2D eigenvalue weighted by atomic mass is 10.2. The van der Waals surface area contributed by atoms with Crippen LogP contribution in [-0.4, -0.2) is 4.92 Å². The van der Waals surface area contributed by atoms with E-state index in [1.165, 1.54) is 6.08 Å². The average molecular weight is 294 g/mol. The molecule has 0 N–H and O–H groups in total. The lowest BCUT2D eigenvalue weighted by Gasteiger charge is -1.96. The summed E-state index contributed by atoms with van der Waals surface area (Å²) in [6, 6.07) is 11.1. The Balaban J connectivity index is 2.27. The molecular weight excluding hydrogens is 286 g/mol. The van der Waals surface area contributed by atoms with E-state index in [1.807, 2.05) is 24.3 Å². The van der Waals surface area contributed by atoms with Crippen LogP contribution >= 0.6 is 15.9 Å². The third-order valence-electron chi connectivity index (χ3n) is 2.10. The first kappa shape index (κ1) is 11.6. The molecule has 0 saturated heterocycles. The third-order valence-corrected chi connectivity index (χ3v) is 2.59. The highest BCUT2D eigenvalue weighted by molar-refractivity contribution is 9.10. The monoisotopic (exact) mass is 293 g/mol. The average Bonchev–Trinajstić information content (AvgIpc) is 2.75. The molecule has 0 bridgehead atoms. The number of furan rings is 1. The Morgan fingerprint density at radius 1 is 1.29 bits per heavy atom. The van der Waals surface area contributed by atoms with Gasteiger partial charge in [0.05, 0.1) is 11.0 Å². The van der Waals surface area contributed by atoms with Gasteiger partial charge in [-0.05, 0) is 24.3 Å². The van der Waals surface area contributed by atoms with E-state index in [1.54, 1.807) is 12.1 Å². The predicted molar refractivity (Wildman–Crippen MR) is 67.9 cm³/mol. The number of benzene rings is 1. The highest BCUT2D eigenvalue weighted by atomic mass is 79.9. The van der Waals surface area contributed by atoms with Crippen LogP contribution in [0.4, 0.5) is 0 Å². The van der Waals surface area contributed by atoms with Crippen LogP contribution in [0.5, 0.6) is 0 Å². The molecule has 86 valence electrons. The zero-order valence-electron chi connectivity index (χ0n) is 8.67. The predicted octanol–water partition coefficient (Wildman–Crippen LogP) is 3.96. The smallest absolute Gasteiger partial charge is 0.238 e. The summed E-state index contributed by atoms with van der Waals surface area (Å²) in [6.45, 7) is 0. The van der Waals surface area contributed by atoms with Gasteiger partial charge < -0.3 is 4.42 Å². The molecule has 0 aliphatic carbocycles. The van der Waals surface area contributed by atoms with Crippen molar-refractivity contribution in [3.63, 3.8) is 0 Å². The molecule has 0 aliphatic rings. The third kappa shape index (κ3) is 3.04. The summed E-state index contributed by atoms with van der Waals surface area (Å²) in [5.41, 5.74) is 0.917. The first-order valence-electron chi connectivity index (χ1n) is 4.82. The molecule has 2 rings (SSSR count). The van der Waals surface area contributed by atoms with E-state index in [2.05, 4.69) is 15.9 Å². The molecule has 0 radical (unpaired) electrons. The first-order chi connectivity index (χ1) is 8.15. The molecule has 1 aromatic carbocycles. The molecular formula is C12H8BrNO3. The molecule has 0 unspecified atom stereocenters. The van der Waals surface area contributed by atoms with E-state index in [4.69, 9.17) is 4.42 Å². The van der Waals surface area contributed by atoms with E-state index in [9.17, 15) is 10.1 Å². The van der Waals surface area contributed by atoms with Gasteiger partial charge in [0.2, 0.25) is 6.20 Å². The van der Waals surface area contributed by atoms with Gasteiger partial charge in [0.15, 0.2) is 0 Å². The van der Waals surface area contributed by atoms with Crippen molar-refractivity contribution in [1.82, 2.24) is 0 Å². The van der Waals surface area contributed by atoms with E-state index < -0.39 is 4.92 Å². The Hall–Kier alpha value is -1.88. The maximum atomic E-state index is 10.2. The van der Waals surface area contributed by atoms with Gasteiger partial charge in [-0.3, -0.25) is 10.1 Å². The van der Waals surface area contributed by atoms with Gasteiger partial charge >= 0.3 is 0 Å². The van der Waals surface area contributed by atoms with Crippen molar-refractivity contribution in [2.24, 2.45) is 0 Å². The van der Waals surface area contributed by atoms with Crippen LogP contribution in [0.2, 0.25) is 0 Å². The zero-order chi connectivity index (χ0) is 12.3. The number of nitro groups is 1. The molecule has 4 nitrogen and oxygen atoms in total. The van der Waals surface area contributed by atoms with Gasteiger partial charge in [0, 0.05) is 10.0 Å². The lowest BCUT2D eigenvalue weighted by molar-refractivity contribution is -0.401. The second-order valence-electron chi connectivity index (χ2n) is 3.31. The maximum absolute atomic E-state index is 10.2. The highest BCUT2D eigenvalue weighted by Gasteiger charge is 2.03. The van der Waals surface area contributed by atoms with Crippen LogP contribution in [0, 0.1) is 10.1 Å². The Morgan fingerprint density at radius 2 is 2.12 bits per heavy atom. The van der Waals surface area contributed by atoms with Crippen molar-refractivity contribution >= 4 is 22.0 Å². The summed E-state index contributed by atoms with van der Waals surface area (Å²) in [5, 5.41) is 10.2. The van der Waals surface area contributed by atoms with Crippen LogP contribution < -0.4 is 0 Å². The SMILES string of the molecule is O=[N+]([O-])/C=C/c1ccc(-c2cccc(Br)c2)o1. The second kappa shape index (κ2) is 4.97. The fraction of sp³-hybridized carbons (Fsp3) is 0. The molecule has 0 atom stereocenters. The summed E-state index contributed by atoms with van der Waals surface area (Å²) in [6.07, 6.45) is 2.17. The Morgan fingerprint density at radius 3 is 2.82 bits per heavy atom. The van der Waals surface area contributed by atoms with Gasteiger partial charge in [-0.2, -0.15) is 0 Å². The number of hydrogen-bond acceptors (Lipinski definition) is 3. The van der Waals surface area contributed by atoms with Crippen molar-refractivity contribution in [3.05, 3.63) is 62.9 Å². The summed E-state index contributed by atoms with van der Waals surface area (Å²) in [7, 11) is 0. The highest BCUT2D eigenvalue weighted by Crippen LogP contribution is 2.25. The summed E-state index contributed by atoms with van der Waals surface area (Å²) in [5.74, 6) is 1.13. The van der Waals surface area contributed by atoms with Crippen LogP contribution in [0.1, 0.15) is 5.76 Å². The molecule has 0 spiro atoms. The molecule has 0 fully saturated rings. The minimum absolute atomic E-state index is 0.455. The molecule has 0 saturated carbocycles. The van der Waals surface area contributed by atoms with Gasteiger partial charge in [-0.1, -0.05) is 28.1 Å². The molecule has 1 aromatic heterocycles. The number of hydrogen-bond donors (Lipinski definition) is 0. The van der Waals surface area contributed by atoms with E-state index in [-0.39, 0.29) is 0 Å². The Kier molecular flexibility index (Phi) is 3.39. The maximum Gasteiger partial charge on any atom is 0.238 e. The fourth-order valence-electron chi connectivity index (χ4n) is 1.37. The van der Waals surface area contributed by atoms with E-state index in [0.717, 1.165) is 16.2 Å². The quantitative estimate of drug-likeness (QED) is 0.636. The second-order valence-corrected chi connectivity index (χ2v) is 4.23. The topological polar surface area (TPSA) is 56.3 Å². The van der Waals surface area contributed by atoms with E-state index >= 15 is 0 Å². The molecule has 0 amide bonds. The largest absolute Gasteiger partial charge is 0.457 e. The zero-order valence-corrected chi connectivity index (χ0v) is 10.3. The molecule has 17 heavy (non-hydrogen) atoms. The number of halogens is 1. The van der Waals surface area contributed by atoms with Gasteiger partial charge in [-0.25, -0.2) is 0 Å². The van der Waals surface area contributed by atoms with Crippen molar-refractivity contribution < 1.29 is 9.34 Å². The number of nitrogens with zero attached hydrogens (tertiary/aromatic N) is 1.